The maximum absolute atomic E-state index is 12.0. The summed E-state index contributed by atoms with van der Waals surface area (Å²) >= 11 is 2.94. The lowest BCUT2D eigenvalue weighted by atomic mass is 10.2. The number of aryl methyl sites for hydroxylation is 1. The molecular formula is C14H16N2O2S2. The van der Waals surface area contributed by atoms with Crippen molar-refractivity contribution < 1.29 is 9.53 Å². The second-order valence-corrected chi connectivity index (χ2v) is 5.70. The molecule has 2 aromatic rings. The van der Waals surface area contributed by atoms with Gasteiger partial charge in [0.05, 0.1) is 12.3 Å². The zero-order chi connectivity index (χ0) is 14.5. The summed E-state index contributed by atoms with van der Waals surface area (Å²) in [7, 11) is 0. The average Bonchev–Trinajstić information content (AvgIpc) is 2.80. The van der Waals surface area contributed by atoms with E-state index in [1.807, 2.05) is 37.4 Å². The molecule has 0 bridgehead atoms. The molecule has 0 fully saturated rings. The number of carbonyl (C=O) groups excluding carboxylic acids is 1. The predicted octanol–water partition coefficient (Wildman–Crippen LogP) is 4.09. The van der Waals surface area contributed by atoms with Crippen LogP contribution in [-0.2, 0) is 4.74 Å². The van der Waals surface area contributed by atoms with Crippen molar-refractivity contribution in [3.8, 4) is 0 Å². The van der Waals surface area contributed by atoms with E-state index in [-0.39, 0.29) is 5.97 Å². The fourth-order valence-electron chi connectivity index (χ4n) is 1.73. The summed E-state index contributed by atoms with van der Waals surface area (Å²) in [4.78, 5) is 13.1. The van der Waals surface area contributed by atoms with Gasteiger partial charge in [-0.2, -0.15) is 4.37 Å². The first-order valence-electron chi connectivity index (χ1n) is 6.20. The number of aromatic nitrogens is 1. The Morgan fingerprint density at radius 3 is 3.00 bits per heavy atom. The highest BCUT2D eigenvalue weighted by molar-refractivity contribution is 7.98. The van der Waals surface area contributed by atoms with Crippen LogP contribution in [0.15, 0.2) is 29.2 Å². The van der Waals surface area contributed by atoms with Crippen molar-refractivity contribution in [3.63, 3.8) is 0 Å². The van der Waals surface area contributed by atoms with Crippen LogP contribution in [0.5, 0.6) is 0 Å². The summed E-state index contributed by atoms with van der Waals surface area (Å²) in [5, 5.41) is 3.97. The van der Waals surface area contributed by atoms with Crippen LogP contribution in [0.1, 0.15) is 23.0 Å². The fourth-order valence-corrected chi connectivity index (χ4v) is 3.00. The van der Waals surface area contributed by atoms with Gasteiger partial charge in [0.25, 0.3) is 0 Å². The number of nitrogens with one attached hydrogen (secondary N) is 1. The molecule has 6 heteroatoms. The summed E-state index contributed by atoms with van der Waals surface area (Å²) in [6.45, 7) is 3.96. The molecule has 20 heavy (non-hydrogen) atoms. The van der Waals surface area contributed by atoms with Gasteiger partial charge in [-0.15, -0.1) is 11.8 Å². The number of hydrogen-bond acceptors (Lipinski definition) is 6. The molecule has 0 atom stereocenters. The van der Waals surface area contributed by atoms with Gasteiger partial charge in [-0.25, -0.2) is 4.79 Å². The summed E-state index contributed by atoms with van der Waals surface area (Å²) < 4.78 is 9.31. The lowest BCUT2D eigenvalue weighted by molar-refractivity contribution is 0.0527. The van der Waals surface area contributed by atoms with Crippen molar-refractivity contribution >= 4 is 40.0 Å². The molecule has 0 saturated heterocycles. The maximum atomic E-state index is 12.0. The standard InChI is InChI=1S/C14H16N2O2S2/c1-4-18-14(17)12-9(2)16-20-13(12)15-10-6-5-7-11(8-10)19-3/h5-8,15H,4H2,1-3H3. The Bertz CT molecular complexity index is 611. The van der Waals surface area contributed by atoms with E-state index in [1.165, 1.54) is 11.5 Å². The monoisotopic (exact) mass is 308 g/mol. The second-order valence-electron chi connectivity index (χ2n) is 4.05. The maximum Gasteiger partial charge on any atom is 0.343 e. The van der Waals surface area contributed by atoms with Crippen molar-refractivity contribution in [2.24, 2.45) is 0 Å². The van der Waals surface area contributed by atoms with Crippen LogP contribution in [0.4, 0.5) is 10.7 Å². The Hall–Kier alpha value is -1.53. The molecule has 4 nitrogen and oxygen atoms in total. The Morgan fingerprint density at radius 2 is 2.30 bits per heavy atom. The first-order chi connectivity index (χ1) is 9.65. The van der Waals surface area contributed by atoms with Gasteiger partial charge in [-0.1, -0.05) is 6.07 Å². The van der Waals surface area contributed by atoms with Crippen molar-refractivity contribution in [2.45, 2.75) is 18.7 Å². The summed E-state index contributed by atoms with van der Waals surface area (Å²) in [5.74, 6) is -0.331. The Labute approximate surface area is 126 Å². The minimum Gasteiger partial charge on any atom is -0.462 e. The third kappa shape index (κ3) is 3.32. The highest BCUT2D eigenvalue weighted by atomic mass is 32.2. The zero-order valence-corrected chi connectivity index (χ0v) is 13.2. The third-order valence-electron chi connectivity index (χ3n) is 2.67. The SMILES string of the molecule is CCOC(=O)c1c(C)nsc1Nc1cccc(SC)c1. The average molecular weight is 308 g/mol. The van der Waals surface area contributed by atoms with Crippen LogP contribution >= 0.6 is 23.3 Å². The van der Waals surface area contributed by atoms with Crippen molar-refractivity contribution in [3.05, 3.63) is 35.5 Å². The van der Waals surface area contributed by atoms with Crippen LogP contribution in [-0.4, -0.2) is 23.2 Å². The van der Waals surface area contributed by atoms with Crippen LogP contribution in [0.3, 0.4) is 0 Å². The number of esters is 1. The first-order valence-corrected chi connectivity index (χ1v) is 8.20. The van der Waals surface area contributed by atoms with E-state index in [4.69, 9.17) is 4.74 Å². The van der Waals surface area contributed by atoms with E-state index in [0.717, 1.165) is 15.6 Å². The minimum atomic E-state index is -0.331. The highest BCUT2D eigenvalue weighted by Gasteiger charge is 2.19. The largest absolute Gasteiger partial charge is 0.462 e. The molecule has 2 rings (SSSR count). The van der Waals surface area contributed by atoms with Gasteiger partial charge in [0.1, 0.15) is 10.6 Å². The quantitative estimate of drug-likeness (QED) is 0.666. The lowest BCUT2D eigenvalue weighted by Gasteiger charge is -2.08. The molecule has 1 heterocycles. The summed E-state index contributed by atoms with van der Waals surface area (Å²) in [6, 6.07) is 8.02. The van der Waals surface area contributed by atoms with Gasteiger partial charge in [0.15, 0.2) is 0 Å². The van der Waals surface area contributed by atoms with Gasteiger partial charge < -0.3 is 10.1 Å². The van der Waals surface area contributed by atoms with Crippen molar-refractivity contribution in [1.82, 2.24) is 4.37 Å². The molecule has 0 spiro atoms. The third-order valence-corrected chi connectivity index (χ3v) is 4.25. The molecule has 0 aliphatic carbocycles. The number of benzene rings is 1. The molecule has 0 amide bonds. The normalized spacial score (nSPS) is 10.3. The topological polar surface area (TPSA) is 51.2 Å². The zero-order valence-electron chi connectivity index (χ0n) is 11.6. The van der Waals surface area contributed by atoms with Gasteiger partial charge in [-0.05, 0) is 49.8 Å². The van der Waals surface area contributed by atoms with Gasteiger partial charge in [-0.3, -0.25) is 0 Å². The van der Waals surface area contributed by atoms with E-state index < -0.39 is 0 Å². The van der Waals surface area contributed by atoms with Gasteiger partial charge in [0, 0.05) is 10.6 Å². The van der Waals surface area contributed by atoms with E-state index in [0.29, 0.717) is 17.9 Å². The van der Waals surface area contributed by atoms with Crippen molar-refractivity contribution in [1.29, 1.82) is 0 Å². The van der Waals surface area contributed by atoms with Crippen LogP contribution in [0.2, 0.25) is 0 Å². The first kappa shape index (κ1) is 14.9. The van der Waals surface area contributed by atoms with Crippen molar-refractivity contribution in [2.75, 3.05) is 18.2 Å². The number of rotatable bonds is 5. The number of hydrogen-bond donors (Lipinski definition) is 1. The molecule has 1 N–H and O–H groups in total. The summed E-state index contributed by atoms with van der Waals surface area (Å²) in [5.41, 5.74) is 2.15. The number of thioether (sulfide) groups is 1. The molecule has 0 aliphatic heterocycles. The molecule has 0 radical (unpaired) electrons. The van der Waals surface area contributed by atoms with E-state index in [2.05, 4.69) is 9.69 Å². The Kier molecular flexibility index (Phi) is 5.03. The predicted molar refractivity (Wildman–Crippen MR) is 84.3 cm³/mol. The Balaban J connectivity index is 2.27. The van der Waals surface area contributed by atoms with E-state index >= 15 is 0 Å². The van der Waals surface area contributed by atoms with E-state index in [1.54, 1.807) is 18.7 Å². The summed E-state index contributed by atoms with van der Waals surface area (Å²) in [6.07, 6.45) is 2.03. The molecular weight excluding hydrogens is 292 g/mol. The number of ether oxygens (including phenoxy) is 1. The Morgan fingerprint density at radius 1 is 1.50 bits per heavy atom. The van der Waals surface area contributed by atoms with E-state index in [9.17, 15) is 4.79 Å². The van der Waals surface area contributed by atoms with Crippen LogP contribution < -0.4 is 5.32 Å². The van der Waals surface area contributed by atoms with Crippen LogP contribution in [0, 0.1) is 6.92 Å². The minimum absolute atomic E-state index is 0.331. The van der Waals surface area contributed by atoms with Gasteiger partial charge >= 0.3 is 5.97 Å². The molecule has 0 aliphatic rings. The molecule has 0 unspecified atom stereocenters. The van der Waals surface area contributed by atoms with Crippen LogP contribution in [0.25, 0.3) is 0 Å². The number of carbonyl (C=O) groups is 1. The molecule has 106 valence electrons. The fraction of sp³-hybridized carbons (Fsp3) is 0.286. The lowest BCUT2D eigenvalue weighted by Crippen LogP contribution is -2.07. The smallest absolute Gasteiger partial charge is 0.343 e. The number of anilines is 2. The van der Waals surface area contributed by atoms with Gasteiger partial charge in [0.2, 0.25) is 0 Å². The second kappa shape index (κ2) is 6.76. The number of nitrogens with zero attached hydrogens (tertiary/aromatic N) is 1. The molecule has 0 saturated carbocycles. The molecule has 1 aromatic heterocycles. The molecule has 1 aromatic carbocycles. The highest BCUT2D eigenvalue weighted by Crippen LogP contribution is 2.30.